The highest BCUT2D eigenvalue weighted by atomic mass is 79.9. The lowest BCUT2D eigenvalue weighted by molar-refractivity contribution is 0.428. The maximum Gasteiger partial charge on any atom is 0.258 e. The molecule has 0 aliphatic carbocycles. The van der Waals surface area contributed by atoms with E-state index in [2.05, 4.69) is 26.1 Å². The molecule has 0 radical (unpaired) electrons. The van der Waals surface area contributed by atoms with Gasteiger partial charge in [-0.15, -0.1) is 0 Å². The molecule has 6 heteroatoms. The summed E-state index contributed by atoms with van der Waals surface area (Å²) < 4.78 is 6.18. The standard InChI is InChI=1S/C15H11BrN2O3/c1-8-4-10(16)2-3-13(8)14-17-15(21-18-14)9-5-11(19)7-12(20)6-9/h2-7,19-20H,1H3. The number of aromatic hydroxyl groups is 2. The second kappa shape index (κ2) is 5.21. The van der Waals surface area contributed by atoms with Gasteiger partial charge < -0.3 is 14.7 Å². The summed E-state index contributed by atoms with van der Waals surface area (Å²) in [6, 6.07) is 9.90. The van der Waals surface area contributed by atoms with Crippen molar-refractivity contribution in [3.8, 4) is 34.3 Å². The van der Waals surface area contributed by atoms with Crippen molar-refractivity contribution in [3.05, 3.63) is 46.4 Å². The fourth-order valence-electron chi connectivity index (χ4n) is 2.05. The average Bonchev–Trinajstić information content (AvgIpc) is 2.87. The lowest BCUT2D eigenvalue weighted by Crippen LogP contribution is -1.85. The molecule has 0 saturated heterocycles. The van der Waals surface area contributed by atoms with E-state index in [1.54, 1.807) is 0 Å². The SMILES string of the molecule is Cc1cc(Br)ccc1-c1noc(-c2cc(O)cc(O)c2)n1. The molecule has 0 aliphatic heterocycles. The van der Waals surface area contributed by atoms with Crippen LogP contribution in [0.4, 0.5) is 0 Å². The first-order chi connectivity index (χ1) is 10.0. The summed E-state index contributed by atoms with van der Waals surface area (Å²) in [4.78, 5) is 4.31. The highest BCUT2D eigenvalue weighted by Gasteiger charge is 2.13. The first-order valence-electron chi connectivity index (χ1n) is 6.16. The molecule has 1 aromatic heterocycles. The molecule has 3 rings (SSSR count). The molecular formula is C15H11BrN2O3. The normalized spacial score (nSPS) is 10.8. The molecule has 0 fully saturated rings. The Morgan fingerprint density at radius 2 is 1.76 bits per heavy atom. The Morgan fingerprint density at radius 3 is 2.43 bits per heavy atom. The maximum atomic E-state index is 9.50. The number of benzene rings is 2. The van der Waals surface area contributed by atoms with Crippen LogP contribution in [0.25, 0.3) is 22.8 Å². The van der Waals surface area contributed by atoms with Gasteiger partial charge in [0.1, 0.15) is 11.5 Å². The smallest absolute Gasteiger partial charge is 0.258 e. The summed E-state index contributed by atoms with van der Waals surface area (Å²) in [5.74, 6) is 0.561. The molecule has 0 atom stereocenters. The van der Waals surface area contributed by atoms with Gasteiger partial charge in [-0.3, -0.25) is 0 Å². The molecule has 0 spiro atoms. The van der Waals surface area contributed by atoms with Crippen LogP contribution in [0.5, 0.6) is 11.5 Å². The molecule has 0 amide bonds. The molecule has 0 unspecified atom stereocenters. The molecule has 106 valence electrons. The first kappa shape index (κ1) is 13.6. The van der Waals surface area contributed by atoms with Crippen LogP contribution in [0, 0.1) is 6.92 Å². The lowest BCUT2D eigenvalue weighted by atomic mass is 10.1. The zero-order valence-corrected chi connectivity index (χ0v) is 12.6. The second-order valence-corrected chi connectivity index (χ2v) is 5.54. The van der Waals surface area contributed by atoms with Crippen LogP contribution in [0.15, 0.2) is 45.4 Å². The van der Waals surface area contributed by atoms with Crippen LogP contribution < -0.4 is 0 Å². The minimum absolute atomic E-state index is 0.0652. The van der Waals surface area contributed by atoms with Gasteiger partial charge in [0.2, 0.25) is 5.82 Å². The summed E-state index contributed by atoms with van der Waals surface area (Å²) >= 11 is 3.41. The van der Waals surface area contributed by atoms with Crippen LogP contribution in [0.1, 0.15) is 5.56 Å². The number of halogens is 1. The Kier molecular flexibility index (Phi) is 3.39. The Labute approximate surface area is 129 Å². The number of aryl methyl sites for hydroxylation is 1. The number of phenolic OH excluding ortho intramolecular Hbond substituents is 2. The van der Waals surface area contributed by atoms with Gasteiger partial charge >= 0.3 is 0 Å². The molecule has 0 aliphatic rings. The molecule has 0 saturated carbocycles. The predicted molar refractivity (Wildman–Crippen MR) is 80.9 cm³/mol. The van der Waals surface area contributed by atoms with Gasteiger partial charge in [-0.25, -0.2) is 0 Å². The van der Waals surface area contributed by atoms with E-state index in [0.717, 1.165) is 15.6 Å². The quantitative estimate of drug-likeness (QED) is 0.735. The van der Waals surface area contributed by atoms with E-state index < -0.39 is 0 Å². The Balaban J connectivity index is 2.03. The summed E-state index contributed by atoms with van der Waals surface area (Å²) in [7, 11) is 0. The highest BCUT2D eigenvalue weighted by molar-refractivity contribution is 9.10. The van der Waals surface area contributed by atoms with Crippen molar-refractivity contribution < 1.29 is 14.7 Å². The van der Waals surface area contributed by atoms with E-state index in [9.17, 15) is 10.2 Å². The van der Waals surface area contributed by atoms with Gasteiger partial charge in [-0.05, 0) is 42.8 Å². The third kappa shape index (κ3) is 2.75. The van der Waals surface area contributed by atoms with E-state index in [1.807, 2.05) is 25.1 Å². The Morgan fingerprint density at radius 1 is 1.05 bits per heavy atom. The van der Waals surface area contributed by atoms with Crippen molar-refractivity contribution in [2.75, 3.05) is 0 Å². The summed E-state index contributed by atoms with van der Waals surface area (Å²) in [5, 5.41) is 22.9. The van der Waals surface area contributed by atoms with E-state index in [1.165, 1.54) is 18.2 Å². The van der Waals surface area contributed by atoms with Crippen molar-refractivity contribution in [3.63, 3.8) is 0 Å². The van der Waals surface area contributed by atoms with E-state index >= 15 is 0 Å². The third-order valence-corrected chi connectivity index (χ3v) is 3.50. The number of nitrogens with zero attached hydrogens (tertiary/aromatic N) is 2. The monoisotopic (exact) mass is 346 g/mol. The highest BCUT2D eigenvalue weighted by Crippen LogP contribution is 2.30. The van der Waals surface area contributed by atoms with Crippen molar-refractivity contribution in [1.82, 2.24) is 10.1 Å². The third-order valence-electron chi connectivity index (χ3n) is 3.00. The molecule has 21 heavy (non-hydrogen) atoms. The fraction of sp³-hybridized carbons (Fsp3) is 0.0667. The maximum absolute atomic E-state index is 9.50. The number of rotatable bonds is 2. The molecule has 3 aromatic rings. The fourth-order valence-corrected chi connectivity index (χ4v) is 2.52. The van der Waals surface area contributed by atoms with Gasteiger partial charge in [0.25, 0.3) is 5.89 Å². The van der Waals surface area contributed by atoms with Crippen molar-refractivity contribution in [2.24, 2.45) is 0 Å². The van der Waals surface area contributed by atoms with Crippen LogP contribution in [0.3, 0.4) is 0 Å². The first-order valence-corrected chi connectivity index (χ1v) is 6.96. The minimum atomic E-state index is -0.0652. The van der Waals surface area contributed by atoms with Gasteiger partial charge in [-0.2, -0.15) is 4.98 Å². The topological polar surface area (TPSA) is 79.4 Å². The van der Waals surface area contributed by atoms with E-state index in [4.69, 9.17) is 4.52 Å². The summed E-state index contributed by atoms with van der Waals surface area (Å²) in [6.07, 6.45) is 0. The predicted octanol–water partition coefficient (Wildman–Crippen LogP) is 3.89. The average molecular weight is 347 g/mol. The number of aromatic nitrogens is 2. The zero-order chi connectivity index (χ0) is 15.0. The number of hydrogen-bond donors (Lipinski definition) is 2. The van der Waals surface area contributed by atoms with E-state index in [0.29, 0.717) is 11.4 Å². The number of hydrogen-bond acceptors (Lipinski definition) is 5. The van der Waals surface area contributed by atoms with Crippen LogP contribution in [-0.4, -0.2) is 20.4 Å². The summed E-state index contributed by atoms with van der Waals surface area (Å²) in [6.45, 7) is 1.95. The van der Waals surface area contributed by atoms with Gasteiger partial charge in [0.05, 0.1) is 0 Å². The van der Waals surface area contributed by atoms with Gasteiger partial charge in [-0.1, -0.05) is 21.1 Å². The molecule has 2 aromatic carbocycles. The van der Waals surface area contributed by atoms with Crippen LogP contribution in [0.2, 0.25) is 0 Å². The summed E-state index contributed by atoms with van der Waals surface area (Å²) in [5.41, 5.74) is 2.33. The Hall–Kier alpha value is -2.34. The lowest BCUT2D eigenvalue weighted by Gasteiger charge is -2.00. The zero-order valence-electron chi connectivity index (χ0n) is 11.0. The molecule has 1 heterocycles. The van der Waals surface area contributed by atoms with Crippen LogP contribution >= 0.6 is 15.9 Å². The largest absolute Gasteiger partial charge is 0.508 e. The van der Waals surface area contributed by atoms with Crippen molar-refractivity contribution >= 4 is 15.9 Å². The number of phenols is 2. The Bertz CT molecular complexity index is 794. The van der Waals surface area contributed by atoms with E-state index in [-0.39, 0.29) is 17.4 Å². The molecule has 2 N–H and O–H groups in total. The molecule has 5 nitrogen and oxygen atoms in total. The van der Waals surface area contributed by atoms with Gasteiger partial charge in [0.15, 0.2) is 0 Å². The van der Waals surface area contributed by atoms with Crippen LogP contribution in [-0.2, 0) is 0 Å². The molecule has 0 bridgehead atoms. The molecular weight excluding hydrogens is 336 g/mol. The van der Waals surface area contributed by atoms with Gasteiger partial charge in [0, 0.05) is 21.7 Å². The second-order valence-electron chi connectivity index (χ2n) is 4.62. The van der Waals surface area contributed by atoms with Crippen molar-refractivity contribution in [1.29, 1.82) is 0 Å². The minimum Gasteiger partial charge on any atom is -0.508 e. The van der Waals surface area contributed by atoms with Crippen molar-refractivity contribution in [2.45, 2.75) is 6.92 Å².